The molecule has 0 radical (unpaired) electrons. The van der Waals surface area contributed by atoms with E-state index in [-0.39, 0.29) is 17.9 Å². The Morgan fingerprint density at radius 2 is 1.81 bits per heavy atom. The maximum absolute atomic E-state index is 13.2. The lowest BCUT2D eigenvalue weighted by Gasteiger charge is -2.27. The second-order valence-electron chi connectivity index (χ2n) is 8.33. The summed E-state index contributed by atoms with van der Waals surface area (Å²) in [4.78, 5) is 17.5. The summed E-state index contributed by atoms with van der Waals surface area (Å²) in [5.74, 6) is 1.34. The number of aromatic nitrogens is 1. The van der Waals surface area contributed by atoms with Crippen LogP contribution in [0.15, 0.2) is 72.9 Å². The number of carbonyl (C=O) groups excluding carboxylic acids is 1. The number of pyridine rings is 1. The van der Waals surface area contributed by atoms with Gasteiger partial charge in [-0.3, -0.25) is 4.79 Å². The fourth-order valence-corrected chi connectivity index (χ4v) is 3.58. The molecule has 2 atom stereocenters. The molecule has 0 saturated carbocycles. The van der Waals surface area contributed by atoms with E-state index in [2.05, 4.69) is 59.0 Å². The summed E-state index contributed by atoms with van der Waals surface area (Å²) in [7, 11) is 0. The Bertz CT molecular complexity index is 1000. The van der Waals surface area contributed by atoms with Crippen LogP contribution in [0.3, 0.4) is 0 Å². The van der Waals surface area contributed by atoms with Crippen LogP contribution in [0.4, 0.5) is 5.82 Å². The minimum atomic E-state index is -0.483. The van der Waals surface area contributed by atoms with Crippen molar-refractivity contribution in [1.29, 1.82) is 0 Å². The second-order valence-corrected chi connectivity index (χ2v) is 8.33. The number of ether oxygens (including phenoxy) is 1. The Balaban J connectivity index is 1.41. The molecule has 3 aromatic rings. The zero-order chi connectivity index (χ0) is 22.3. The summed E-state index contributed by atoms with van der Waals surface area (Å²) in [6.45, 7) is 6.62. The molecule has 1 aliphatic heterocycles. The number of hydrogen-bond acceptors (Lipinski definition) is 5. The third-order valence-electron chi connectivity index (χ3n) is 5.70. The van der Waals surface area contributed by atoms with E-state index in [1.165, 1.54) is 11.1 Å². The molecule has 1 fully saturated rings. The third-order valence-corrected chi connectivity index (χ3v) is 5.70. The van der Waals surface area contributed by atoms with Crippen LogP contribution < -0.4 is 20.7 Å². The van der Waals surface area contributed by atoms with Crippen molar-refractivity contribution < 1.29 is 9.53 Å². The number of nitrogens with zero attached hydrogens (tertiary/aromatic N) is 1. The average Bonchev–Trinajstić information content (AvgIpc) is 2.78. The molecule has 2 heterocycles. The van der Waals surface area contributed by atoms with Crippen molar-refractivity contribution in [1.82, 2.24) is 15.6 Å². The highest BCUT2D eigenvalue weighted by molar-refractivity contribution is 5.94. The molecule has 0 bridgehead atoms. The molecule has 2 aromatic carbocycles. The summed E-state index contributed by atoms with van der Waals surface area (Å²) >= 11 is 0. The first kappa shape index (κ1) is 22.0. The molecular weight excluding hydrogens is 400 g/mol. The highest BCUT2D eigenvalue weighted by Crippen LogP contribution is 2.20. The summed E-state index contributed by atoms with van der Waals surface area (Å²) < 4.78 is 5.79. The first-order chi connectivity index (χ1) is 15.6. The van der Waals surface area contributed by atoms with Gasteiger partial charge >= 0.3 is 0 Å². The second kappa shape index (κ2) is 10.4. The number of carbonyl (C=O) groups is 1. The van der Waals surface area contributed by atoms with Crippen molar-refractivity contribution in [3.63, 3.8) is 0 Å². The van der Waals surface area contributed by atoms with Gasteiger partial charge in [0, 0.05) is 19.6 Å². The molecule has 0 aliphatic carbocycles. The van der Waals surface area contributed by atoms with Crippen molar-refractivity contribution >= 4 is 11.7 Å². The van der Waals surface area contributed by atoms with E-state index < -0.39 is 6.04 Å². The Kier molecular flexibility index (Phi) is 7.14. The maximum Gasteiger partial charge on any atom is 0.247 e. The van der Waals surface area contributed by atoms with Crippen molar-refractivity contribution in [2.45, 2.75) is 31.9 Å². The molecule has 1 aromatic heterocycles. The summed E-state index contributed by atoms with van der Waals surface area (Å²) in [5.41, 5.74) is 3.40. The average molecular weight is 431 g/mol. The van der Waals surface area contributed by atoms with Crippen molar-refractivity contribution in [3.05, 3.63) is 89.6 Å². The molecule has 0 unspecified atom stereocenters. The van der Waals surface area contributed by atoms with Crippen LogP contribution >= 0.6 is 0 Å². The molecule has 6 heteroatoms. The quantitative estimate of drug-likeness (QED) is 0.481. The van der Waals surface area contributed by atoms with E-state index in [4.69, 9.17) is 4.74 Å². The van der Waals surface area contributed by atoms with Gasteiger partial charge in [-0.1, -0.05) is 67.1 Å². The molecule has 166 valence electrons. The maximum atomic E-state index is 13.2. The number of nitrogens with one attached hydrogen (secondary N) is 3. The van der Waals surface area contributed by atoms with Gasteiger partial charge in [-0.2, -0.15) is 0 Å². The van der Waals surface area contributed by atoms with Gasteiger partial charge in [-0.05, 0) is 36.1 Å². The molecular formula is C26H30N4O2. The molecule has 3 N–H and O–H groups in total. The zero-order valence-electron chi connectivity index (χ0n) is 18.5. The van der Waals surface area contributed by atoms with Crippen LogP contribution in [0.2, 0.25) is 0 Å². The number of aryl methyl sites for hydroxylation is 1. The van der Waals surface area contributed by atoms with Gasteiger partial charge < -0.3 is 20.7 Å². The summed E-state index contributed by atoms with van der Waals surface area (Å²) in [5, 5.41) is 9.56. The van der Waals surface area contributed by atoms with Crippen molar-refractivity contribution in [2.75, 3.05) is 25.0 Å². The fraction of sp³-hybridized carbons (Fsp3) is 0.308. The predicted octanol–water partition coefficient (Wildman–Crippen LogP) is 3.81. The van der Waals surface area contributed by atoms with Crippen LogP contribution in [-0.4, -0.2) is 36.6 Å². The highest BCUT2D eigenvalue weighted by Gasteiger charge is 2.22. The monoisotopic (exact) mass is 430 g/mol. The van der Waals surface area contributed by atoms with E-state index in [0.29, 0.717) is 18.1 Å². The van der Waals surface area contributed by atoms with Gasteiger partial charge in [-0.25, -0.2) is 4.98 Å². The van der Waals surface area contributed by atoms with E-state index in [9.17, 15) is 4.79 Å². The van der Waals surface area contributed by atoms with Crippen molar-refractivity contribution in [2.24, 2.45) is 0 Å². The van der Waals surface area contributed by atoms with Crippen LogP contribution in [-0.2, 0) is 4.79 Å². The molecule has 4 rings (SSSR count). The largest absolute Gasteiger partial charge is 0.486 e. The SMILES string of the molecule is Cc1ccc([C@H](C)CN[C@@H](C(=O)Nc2ccc(OC3CNC3)cn2)c2ccccc2)cc1. The lowest BCUT2D eigenvalue weighted by molar-refractivity contribution is -0.118. The Morgan fingerprint density at radius 3 is 2.44 bits per heavy atom. The van der Waals surface area contributed by atoms with Gasteiger partial charge in [0.15, 0.2) is 0 Å². The Labute approximate surface area is 189 Å². The lowest BCUT2D eigenvalue weighted by atomic mass is 9.98. The van der Waals surface area contributed by atoms with E-state index in [0.717, 1.165) is 18.7 Å². The van der Waals surface area contributed by atoms with E-state index in [1.807, 2.05) is 36.4 Å². The molecule has 6 nitrogen and oxygen atoms in total. The normalized spacial score (nSPS) is 15.4. The first-order valence-electron chi connectivity index (χ1n) is 11.1. The van der Waals surface area contributed by atoms with E-state index in [1.54, 1.807) is 12.3 Å². The van der Waals surface area contributed by atoms with E-state index >= 15 is 0 Å². The standard InChI is InChI=1S/C26H30N4O2/c1-18-8-10-20(11-9-18)19(2)14-29-25(21-6-4-3-5-7-21)26(31)30-24-13-12-22(17-28-24)32-23-15-27-16-23/h3-13,17,19,23,25,27,29H,14-16H2,1-2H3,(H,28,30,31)/t19-,25-/m1/s1. The molecule has 1 aliphatic rings. The highest BCUT2D eigenvalue weighted by atomic mass is 16.5. The minimum absolute atomic E-state index is 0.142. The third kappa shape index (κ3) is 5.72. The number of rotatable bonds is 9. The van der Waals surface area contributed by atoms with Crippen LogP contribution in [0.1, 0.15) is 35.6 Å². The van der Waals surface area contributed by atoms with Gasteiger partial charge in [0.2, 0.25) is 5.91 Å². The van der Waals surface area contributed by atoms with Crippen LogP contribution in [0.25, 0.3) is 0 Å². The van der Waals surface area contributed by atoms with Gasteiger partial charge in [0.1, 0.15) is 23.7 Å². The minimum Gasteiger partial charge on any atom is -0.486 e. The lowest BCUT2D eigenvalue weighted by Crippen LogP contribution is -2.50. The first-order valence-corrected chi connectivity index (χ1v) is 11.1. The van der Waals surface area contributed by atoms with Crippen LogP contribution in [0, 0.1) is 6.92 Å². The predicted molar refractivity (Wildman–Crippen MR) is 127 cm³/mol. The molecule has 1 amide bonds. The van der Waals surface area contributed by atoms with Gasteiger partial charge in [0.05, 0.1) is 6.20 Å². The number of amides is 1. The van der Waals surface area contributed by atoms with Gasteiger partial charge in [-0.15, -0.1) is 0 Å². The molecule has 1 saturated heterocycles. The molecule has 0 spiro atoms. The zero-order valence-corrected chi connectivity index (χ0v) is 18.5. The Morgan fingerprint density at radius 1 is 1.06 bits per heavy atom. The van der Waals surface area contributed by atoms with Gasteiger partial charge in [0.25, 0.3) is 0 Å². The Hall–Kier alpha value is -3.22. The number of hydrogen-bond donors (Lipinski definition) is 3. The number of benzene rings is 2. The number of anilines is 1. The summed E-state index contributed by atoms with van der Waals surface area (Å²) in [6, 6.07) is 21.4. The molecule has 32 heavy (non-hydrogen) atoms. The fourth-order valence-electron chi connectivity index (χ4n) is 3.58. The summed E-state index contributed by atoms with van der Waals surface area (Å²) in [6.07, 6.45) is 1.85. The topological polar surface area (TPSA) is 75.3 Å². The van der Waals surface area contributed by atoms with Crippen molar-refractivity contribution in [3.8, 4) is 5.75 Å². The van der Waals surface area contributed by atoms with Crippen LogP contribution in [0.5, 0.6) is 5.75 Å². The smallest absolute Gasteiger partial charge is 0.247 e.